The molecule has 4 nitrogen and oxygen atoms in total. The number of nitrogens with zero attached hydrogens (tertiary/aromatic N) is 1. The highest BCUT2D eigenvalue weighted by Gasteiger charge is 2.04. The number of H-pyrrole nitrogens is 1. The third kappa shape index (κ3) is 2.94. The SMILES string of the molecule is Cc1ccc(CNc2nc[nH]c(=O)c2Br)cc1. The van der Waals surface area contributed by atoms with Crippen molar-refractivity contribution in [2.24, 2.45) is 0 Å². The number of anilines is 1. The largest absolute Gasteiger partial charge is 0.365 e. The Balaban J connectivity index is 2.10. The van der Waals surface area contributed by atoms with Gasteiger partial charge in [-0.25, -0.2) is 4.98 Å². The number of aryl methyl sites for hydroxylation is 1. The van der Waals surface area contributed by atoms with Crippen molar-refractivity contribution in [2.75, 3.05) is 5.32 Å². The van der Waals surface area contributed by atoms with Crippen LogP contribution < -0.4 is 10.9 Å². The highest BCUT2D eigenvalue weighted by molar-refractivity contribution is 9.10. The first-order valence-electron chi connectivity index (χ1n) is 5.19. The third-order valence-corrected chi connectivity index (χ3v) is 3.11. The lowest BCUT2D eigenvalue weighted by atomic mass is 10.1. The summed E-state index contributed by atoms with van der Waals surface area (Å²) in [6.07, 6.45) is 1.38. The zero-order chi connectivity index (χ0) is 12.3. The lowest BCUT2D eigenvalue weighted by Crippen LogP contribution is -2.12. The van der Waals surface area contributed by atoms with E-state index in [2.05, 4.69) is 43.3 Å². The van der Waals surface area contributed by atoms with Gasteiger partial charge in [0.15, 0.2) is 0 Å². The van der Waals surface area contributed by atoms with Crippen LogP contribution in [0.1, 0.15) is 11.1 Å². The standard InChI is InChI=1S/C12H12BrN3O/c1-8-2-4-9(5-3-8)6-14-11-10(13)12(17)16-7-15-11/h2-5,7H,6H2,1H3,(H2,14,15,16,17). The van der Waals surface area contributed by atoms with Crippen LogP contribution in [0.3, 0.4) is 0 Å². The van der Waals surface area contributed by atoms with Crippen molar-refractivity contribution < 1.29 is 0 Å². The van der Waals surface area contributed by atoms with Crippen molar-refractivity contribution in [3.63, 3.8) is 0 Å². The number of aromatic nitrogens is 2. The van der Waals surface area contributed by atoms with Crippen LogP contribution in [0.25, 0.3) is 0 Å². The normalized spacial score (nSPS) is 10.2. The molecule has 0 fully saturated rings. The van der Waals surface area contributed by atoms with E-state index < -0.39 is 0 Å². The van der Waals surface area contributed by atoms with Gasteiger partial charge in [0.05, 0.1) is 6.33 Å². The van der Waals surface area contributed by atoms with Gasteiger partial charge < -0.3 is 10.3 Å². The second kappa shape index (κ2) is 5.14. The van der Waals surface area contributed by atoms with E-state index >= 15 is 0 Å². The highest BCUT2D eigenvalue weighted by atomic mass is 79.9. The molecule has 2 rings (SSSR count). The fraction of sp³-hybridized carbons (Fsp3) is 0.167. The number of hydrogen-bond acceptors (Lipinski definition) is 3. The van der Waals surface area contributed by atoms with Crippen LogP contribution in [0.5, 0.6) is 0 Å². The van der Waals surface area contributed by atoms with E-state index in [0.29, 0.717) is 16.8 Å². The Morgan fingerprint density at radius 3 is 2.76 bits per heavy atom. The summed E-state index contributed by atoms with van der Waals surface area (Å²) < 4.78 is 0.423. The molecular formula is C12H12BrN3O. The Bertz CT molecular complexity index is 563. The predicted molar refractivity (Wildman–Crippen MR) is 71.1 cm³/mol. The lowest BCUT2D eigenvalue weighted by Gasteiger charge is -2.06. The second-order valence-corrected chi connectivity index (χ2v) is 4.53. The number of rotatable bonds is 3. The summed E-state index contributed by atoms with van der Waals surface area (Å²) in [5.74, 6) is 0.550. The van der Waals surface area contributed by atoms with Crippen molar-refractivity contribution in [1.82, 2.24) is 9.97 Å². The molecule has 88 valence electrons. The van der Waals surface area contributed by atoms with Crippen LogP contribution in [-0.4, -0.2) is 9.97 Å². The molecule has 1 heterocycles. The Hall–Kier alpha value is -1.62. The molecule has 1 aromatic heterocycles. The minimum absolute atomic E-state index is 0.189. The fourth-order valence-electron chi connectivity index (χ4n) is 1.40. The summed E-state index contributed by atoms with van der Waals surface area (Å²) in [6.45, 7) is 2.68. The average Bonchev–Trinajstić information content (AvgIpc) is 2.33. The Labute approximate surface area is 107 Å². The summed E-state index contributed by atoms with van der Waals surface area (Å²) in [7, 11) is 0. The molecule has 0 amide bonds. The van der Waals surface area contributed by atoms with Crippen LogP contribution in [0.4, 0.5) is 5.82 Å². The molecule has 0 bridgehead atoms. The zero-order valence-corrected chi connectivity index (χ0v) is 10.9. The first kappa shape index (κ1) is 11.9. The topological polar surface area (TPSA) is 57.8 Å². The van der Waals surface area contributed by atoms with Gasteiger partial charge in [-0.1, -0.05) is 29.8 Å². The molecule has 0 aliphatic rings. The summed E-state index contributed by atoms with van der Waals surface area (Å²) in [6, 6.07) is 8.20. The van der Waals surface area contributed by atoms with Crippen LogP contribution in [0.15, 0.2) is 39.9 Å². The van der Waals surface area contributed by atoms with E-state index in [0.717, 1.165) is 5.56 Å². The van der Waals surface area contributed by atoms with Crippen molar-refractivity contribution in [2.45, 2.75) is 13.5 Å². The molecule has 1 aromatic carbocycles. The Kier molecular flexibility index (Phi) is 3.58. The van der Waals surface area contributed by atoms with Gasteiger partial charge in [0.2, 0.25) is 0 Å². The first-order chi connectivity index (χ1) is 8.16. The van der Waals surface area contributed by atoms with Gasteiger partial charge in [-0.3, -0.25) is 4.79 Å². The number of nitrogens with one attached hydrogen (secondary N) is 2. The number of aromatic amines is 1. The molecule has 0 aliphatic heterocycles. The Morgan fingerprint density at radius 1 is 1.35 bits per heavy atom. The maximum Gasteiger partial charge on any atom is 0.267 e. The number of halogens is 1. The minimum atomic E-state index is -0.189. The van der Waals surface area contributed by atoms with E-state index in [-0.39, 0.29) is 5.56 Å². The molecule has 0 unspecified atom stereocenters. The van der Waals surface area contributed by atoms with Crippen molar-refractivity contribution >= 4 is 21.7 Å². The first-order valence-corrected chi connectivity index (χ1v) is 5.99. The van der Waals surface area contributed by atoms with Gasteiger partial charge in [-0.05, 0) is 28.4 Å². The summed E-state index contributed by atoms with van der Waals surface area (Å²) in [4.78, 5) is 17.9. The van der Waals surface area contributed by atoms with Gasteiger partial charge in [0.25, 0.3) is 5.56 Å². The van der Waals surface area contributed by atoms with Crippen LogP contribution in [0.2, 0.25) is 0 Å². The van der Waals surface area contributed by atoms with Crippen molar-refractivity contribution in [3.8, 4) is 0 Å². The van der Waals surface area contributed by atoms with E-state index in [1.165, 1.54) is 11.9 Å². The molecule has 0 spiro atoms. The maximum atomic E-state index is 11.3. The van der Waals surface area contributed by atoms with Gasteiger partial charge in [-0.2, -0.15) is 0 Å². The molecule has 0 saturated heterocycles. The molecule has 0 radical (unpaired) electrons. The van der Waals surface area contributed by atoms with E-state index in [1.54, 1.807) is 0 Å². The van der Waals surface area contributed by atoms with Gasteiger partial charge in [0, 0.05) is 6.54 Å². The number of benzene rings is 1. The summed E-state index contributed by atoms with van der Waals surface area (Å²) in [5.41, 5.74) is 2.18. The van der Waals surface area contributed by atoms with Gasteiger partial charge in [-0.15, -0.1) is 0 Å². The van der Waals surface area contributed by atoms with Gasteiger partial charge in [0.1, 0.15) is 10.3 Å². The van der Waals surface area contributed by atoms with Crippen LogP contribution in [0, 0.1) is 6.92 Å². The molecule has 0 saturated carbocycles. The molecule has 2 aromatic rings. The average molecular weight is 294 g/mol. The van der Waals surface area contributed by atoms with Crippen molar-refractivity contribution in [1.29, 1.82) is 0 Å². The highest BCUT2D eigenvalue weighted by Crippen LogP contribution is 2.14. The van der Waals surface area contributed by atoms with Crippen LogP contribution >= 0.6 is 15.9 Å². The van der Waals surface area contributed by atoms with Crippen LogP contribution in [-0.2, 0) is 6.54 Å². The van der Waals surface area contributed by atoms with E-state index in [9.17, 15) is 4.79 Å². The molecule has 0 atom stereocenters. The second-order valence-electron chi connectivity index (χ2n) is 3.73. The molecule has 5 heteroatoms. The minimum Gasteiger partial charge on any atom is -0.365 e. The van der Waals surface area contributed by atoms with Crippen molar-refractivity contribution in [3.05, 3.63) is 56.5 Å². The zero-order valence-electron chi connectivity index (χ0n) is 9.33. The summed E-state index contributed by atoms with van der Waals surface area (Å²) >= 11 is 3.20. The fourth-order valence-corrected chi connectivity index (χ4v) is 1.76. The predicted octanol–water partition coefficient (Wildman–Crippen LogP) is 2.45. The smallest absolute Gasteiger partial charge is 0.267 e. The third-order valence-electron chi connectivity index (χ3n) is 2.38. The molecule has 0 aliphatic carbocycles. The monoisotopic (exact) mass is 293 g/mol. The maximum absolute atomic E-state index is 11.3. The Morgan fingerprint density at radius 2 is 2.06 bits per heavy atom. The summed E-state index contributed by atoms with van der Waals surface area (Å²) in [5, 5.41) is 3.11. The number of hydrogen-bond donors (Lipinski definition) is 2. The molecule has 2 N–H and O–H groups in total. The lowest BCUT2D eigenvalue weighted by molar-refractivity contribution is 1.05. The quantitative estimate of drug-likeness (QED) is 0.914. The molecular weight excluding hydrogens is 282 g/mol. The van der Waals surface area contributed by atoms with E-state index in [1.807, 2.05) is 19.1 Å². The van der Waals surface area contributed by atoms with E-state index in [4.69, 9.17) is 0 Å². The van der Waals surface area contributed by atoms with Gasteiger partial charge >= 0.3 is 0 Å². The molecule has 17 heavy (non-hydrogen) atoms.